The summed E-state index contributed by atoms with van der Waals surface area (Å²) in [6.07, 6.45) is 8.45. The van der Waals surface area contributed by atoms with Crippen LogP contribution < -0.4 is 10.6 Å². The van der Waals surface area contributed by atoms with Crippen LogP contribution in [0.25, 0.3) is 11.0 Å². The van der Waals surface area contributed by atoms with Crippen molar-refractivity contribution in [2.45, 2.75) is 77.4 Å². The number of nitrogens with one attached hydrogen (secondary N) is 2. The summed E-state index contributed by atoms with van der Waals surface area (Å²) in [7, 11) is 0. The maximum absolute atomic E-state index is 12.2. The van der Waals surface area contributed by atoms with Gasteiger partial charge in [-0.3, -0.25) is 4.79 Å². The second-order valence-electron chi connectivity index (χ2n) is 8.52. The Morgan fingerprint density at radius 2 is 1.83 bits per heavy atom. The lowest BCUT2D eigenvalue weighted by atomic mass is 9.97. The number of rotatable bonds is 4. The molecule has 2 N–H and O–H groups in total. The molecular formula is C21H31N5O3. The fraction of sp³-hybridized carbons (Fsp3) is 0.619. The molecule has 0 saturated heterocycles. The lowest BCUT2D eigenvalue weighted by molar-refractivity contribution is -0.153. The van der Waals surface area contributed by atoms with Gasteiger partial charge in [0.1, 0.15) is 23.2 Å². The van der Waals surface area contributed by atoms with Crippen LogP contribution in [0.15, 0.2) is 27.8 Å². The Kier molecular flexibility index (Phi) is 7.06. The smallest absolute Gasteiger partial charge is 0.325 e. The van der Waals surface area contributed by atoms with Crippen LogP contribution >= 0.6 is 0 Å². The van der Waals surface area contributed by atoms with E-state index in [9.17, 15) is 4.79 Å². The first-order valence-corrected chi connectivity index (χ1v) is 10.4. The van der Waals surface area contributed by atoms with Gasteiger partial charge in [0.05, 0.1) is 5.69 Å². The zero-order valence-corrected chi connectivity index (χ0v) is 17.5. The third-order valence-electron chi connectivity index (χ3n) is 4.74. The molecule has 3 rings (SSSR count). The van der Waals surface area contributed by atoms with E-state index in [0.717, 1.165) is 12.8 Å². The molecule has 0 bridgehead atoms. The Bertz CT molecular complexity index is 832. The largest absolute Gasteiger partial charge is 0.459 e. The lowest BCUT2D eigenvalue weighted by Gasteiger charge is -2.24. The predicted octanol–water partition coefficient (Wildman–Crippen LogP) is 3.84. The van der Waals surface area contributed by atoms with Gasteiger partial charge in [0, 0.05) is 6.04 Å². The van der Waals surface area contributed by atoms with E-state index in [4.69, 9.17) is 9.37 Å². The van der Waals surface area contributed by atoms with Gasteiger partial charge in [-0.2, -0.15) is 0 Å². The van der Waals surface area contributed by atoms with E-state index in [-0.39, 0.29) is 12.5 Å². The summed E-state index contributed by atoms with van der Waals surface area (Å²) in [5.41, 5.74) is 1.51. The third-order valence-corrected chi connectivity index (χ3v) is 4.74. The lowest BCUT2D eigenvalue weighted by Crippen LogP contribution is -2.46. The Morgan fingerprint density at radius 3 is 2.55 bits per heavy atom. The summed E-state index contributed by atoms with van der Waals surface area (Å²) in [4.78, 5) is 16.8. The molecule has 0 unspecified atom stereocenters. The Morgan fingerprint density at radius 1 is 1.14 bits per heavy atom. The standard InChI is InChI=1S/C21H31N5O3/c1-21(2,3)28-19(27)14-22-20(23-15-9-7-5-4-6-8-10-15)24-16-11-12-17-18(13-16)26-29-25-17/h11-13,15H,4-10,14H2,1-3H3,(H2,22,23,24). The number of carbonyl (C=O) groups is 1. The number of guanidine groups is 1. The monoisotopic (exact) mass is 401 g/mol. The van der Waals surface area contributed by atoms with Crippen molar-refractivity contribution in [2.24, 2.45) is 4.99 Å². The number of nitrogens with zero attached hydrogens (tertiary/aromatic N) is 3. The first-order valence-electron chi connectivity index (χ1n) is 10.4. The molecule has 1 aromatic heterocycles. The molecule has 1 heterocycles. The van der Waals surface area contributed by atoms with Gasteiger partial charge in [0.25, 0.3) is 0 Å². The van der Waals surface area contributed by atoms with Crippen LogP contribution in [0, 0.1) is 0 Å². The van der Waals surface area contributed by atoms with Crippen LogP contribution in [0.5, 0.6) is 0 Å². The van der Waals surface area contributed by atoms with E-state index in [2.05, 4.69) is 25.9 Å². The average molecular weight is 402 g/mol. The molecule has 0 radical (unpaired) electrons. The first-order chi connectivity index (χ1) is 13.9. The topological polar surface area (TPSA) is 102 Å². The van der Waals surface area contributed by atoms with Crippen LogP contribution in [0.3, 0.4) is 0 Å². The average Bonchev–Trinajstić information content (AvgIpc) is 3.08. The number of esters is 1. The quantitative estimate of drug-likeness (QED) is 0.456. The number of hydrogen-bond acceptors (Lipinski definition) is 6. The summed E-state index contributed by atoms with van der Waals surface area (Å²) in [6.45, 7) is 5.61. The minimum Gasteiger partial charge on any atom is -0.459 e. The highest BCUT2D eigenvalue weighted by atomic mass is 16.6. The summed E-state index contributed by atoms with van der Waals surface area (Å²) in [6, 6.07) is 5.80. The minimum absolute atomic E-state index is 0.0452. The fourth-order valence-corrected chi connectivity index (χ4v) is 3.42. The van der Waals surface area contributed by atoms with E-state index in [1.807, 2.05) is 32.9 Å². The minimum atomic E-state index is -0.520. The van der Waals surface area contributed by atoms with Gasteiger partial charge >= 0.3 is 5.97 Å². The molecule has 1 aliphatic rings. The molecule has 1 fully saturated rings. The summed E-state index contributed by atoms with van der Waals surface area (Å²) in [5, 5.41) is 14.3. The molecule has 8 nitrogen and oxygen atoms in total. The van der Waals surface area contributed by atoms with E-state index in [0.29, 0.717) is 28.7 Å². The molecule has 1 aromatic carbocycles. The van der Waals surface area contributed by atoms with Gasteiger partial charge in [0.2, 0.25) is 0 Å². The van der Waals surface area contributed by atoms with Gasteiger partial charge in [-0.25, -0.2) is 9.62 Å². The van der Waals surface area contributed by atoms with Crippen molar-refractivity contribution in [1.29, 1.82) is 0 Å². The third kappa shape index (κ3) is 7.03. The van der Waals surface area contributed by atoms with Crippen molar-refractivity contribution in [3.05, 3.63) is 18.2 Å². The fourth-order valence-electron chi connectivity index (χ4n) is 3.42. The number of ether oxygens (including phenoxy) is 1. The van der Waals surface area contributed by atoms with E-state index < -0.39 is 5.60 Å². The number of aromatic nitrogens is 2. The van der Waals surface area contributed by atoms with E-state index in [1.54, 1.807) is 6.07 Å². The Labute approximate surface area is 171 Å². The molecular weight excluding hydrogens is 370 g/mol. The number of carbonyl (C=O) groups excluding carboxylic acids is 1. The summed E-state index contributed by atoms with van der Waals surface area (Å²) >= 11 is 0. The maximum Gasteiger partial charge on any atom is 0.325 e. The molecule has 158 valence electrons. The van der Waals surface area contributed by atoms with E-state index in [1.165, 1.54) is 32.1 Å². The Balaban J connectivity index is 1.73. The van der Waals surface area contributed by atoms with Crippen LogP contribution in [0.1, 0.15) is 65.7 Å². The van der Waals surface area contributed by atoms with Gasteiger partial charge in [-0.15, -0.1) is 0 Å². The SMILES string of the molecule is CC(C)(C)OC(=O)CNC(=Nc1ccc2nonc2c1)NC1CCCCCCC1. The van der Waals surface area contributed by atoms with Gasteiger partial charge < -0.3 is 15.4 Å². The second-order valence-corrected chi connectivity index (χ2v) is 8.52. The molecule has 1 aliphatic carbocycles. The van der Waals surface area contributed by atoms with Crippen molar-refractivity contribution in [1.82, 2.24) is 20.9 Å². The van der Waals surface area contributed by atoms with Crippen molar-refractivity contribution in [3.8, 4) is 0 Å². The van der Waals surface area contributed by atoms with Gasteiger partial charge in [0.15, 0.2) is 5.96 Å². The zero-order valence-electron chi connectivity index (χ0n) is 17.5. The maximum atomic E-state index is 12.2. The summed E-state index contributed by atoms with van der Waals surface area (Å²) in [5.74, 6) is 0.248. The Hall–Kier alpha value is -2.64. The van der Waals surface area contributed by atoms with Crippen molar-refractivity contribution in [3.63, 3.8) is 0 Å². The van der Waals surface area contributed by atoms with Crippen molar-refractivity contribution in [2.75, 3.05) is 6.54 Å². The molecule has 0 amide bonds. The summed E-state index contributed by atoms with van der Waals surface area (Å²) < 4.78 is 10.2. The molecule has 0 spiro atoms. The van der Waals surface area contributed by atoms with Crippen LogP contribution in [-0.4, -0.2) is 40.4 Å². The van der Waals surface area contributed by atoms with Crippen molar-refractivity contribution < 1.29 is 14.2 Å². The zero-order chi connectivity index (χ0) is 20.7. The van der Waals surface area contributed by atoms with Crippen molar-refractivity contribution >= 4 is 28.6 Å². The highest BCUT2D eigenvalue weighted by molar-refractivity contribution is 5.87. The molecule has 0 aliphatic heterocycles. The van der Waals surface area contributed by atoms with Crippen LogP contribution in [0.2, 0.25) is 0 Å². The van der Waals surface area contributed by atoms with Gasteiger partial charge in [-0.1, -0.05) is 32.1 Å². The molecule has 1 saturated carbocycles. The van der Waals surface area contributed by atoms with E-state index >= 15 is 0 Å². The van der Waals surface area contributed by atoms with Crippen LogP contribution in [-0.2, 0) is 9.53 Å². The number of fused-ring (bicyclic) bond motifs is 1. The first kappa shape index (κ1) is 21.1. The molecule has 29 heavy (non-hydrogen) atoms. The highest BCUT2D eigenvalue weighted by Gasteiger charge is 2.18. The highest BCUT2D eigenvalue weighted by Crippen LogP contribution is 2.20. The van der Waals surface area contributed by atoms with Crippen LogP contribution in [0.4, 0.5) is 5.69 Å². The number of aliphatic imine (C=N–C) groups is 1. The second kappa shape index (κ2) is 9.71. The predicted molar refractivity (Wildman–Crippen MR) is 112 cm³/mol. The molecule has 2 aromatic rings. The normalized spacial score (nSPS) is 16.9. The number of hydrogen-bond donors (Lipinski definition) is 2. The molecule has 8 heteroatoms. The molecule has 0 atom stereocenters. The van der Waals surface area contributed by atoms with Gasteiger partial charge in [-0.05, 0) is 62.1 Å². The number of benzene rings is 1.